The van der Waals surface area contributed by atoms with Crippen molar-refractivity contribution in [2.24, 2.45) is 0 Å². The van der Waals surface area contributed by atoms with Gasteiger partial charge >= 0.3 is 0 Å². The molecule has 1 rings (SSSR count). The zero-order valence-electron chi connectivity index (χ0n) is 6.59. The molecule has 0 aliphatic heterocycles. The second-order valence-electron chi connectivity index (χ2n) is 2.35. The number of benzene rings is 1. The lowest BCUT2D eigenvalue weighted by atomic mass is 10.3. The largest absolute Gasteiger partial charge is 0.493 e. The monoisotopic (exact) mass is 280 g/mol. The molecule has 0 aromatic heterocycles. The van der Waals surface area contributed by atoms with Gasteiger partial charge in [-0.3, -0.25) is 4.39 Å². The minimum Gasteiger partial charge on any atom is -0.493 e. The van der Waals surface area contributed by atoms with Crippen LogP contribution in [-0.4, -0.2) is 13.3 Å². The molecule has 0 bridgehead atoms. The molecule has 0 spiro atoms. The lowest BCUT2D eigenvalue weighted by Crippen LogP contribution is -1.97. The average molecular weight is 280 g/mol. The van der Waals surface area contributed by atoms with Crippen LogP contribution in [0.2, 0.25) is 0 Å². The summed E-state index contributed by atoms with van der Waals surface area (Å²) in [7, 11) is 0. The van der Waals surface area contributed by atoms with Gasteiger partial charge in [-0.15, -0.1) is 0 Å². The van der Waals surface area contributed by atoms with E-state index in [0.717, 1.165) is 9.32 Å². The molecule has 66 valence electrons. The molecule has 0 atom stereocenters. The second kappa shape index (κ2) is 5.35. The number of halogens is 2. The smallest absolute Gasteiger partial charge is 0.120 e. The van der Waals surface area contributed by atoms with Crippen molar-refractivity contribution in [3.05, 3.63) is 27.8 Å². The summed E-state index contributed by atoms with van der Waals surface area (Å²) in [6, 6.07) is 7.72. The van der Waals surface area contributed by atoms with Gasteiger partial charge in [0, 0.05) is 9.99 Å². The minimum absolute atomic E-state index is 0.316. The molecule has 0 N–H and O–H groups in total. The molecule has 0 heterocycles. The van der Waals surface area contributed by atoms with E-state index in [2.05, 4.69) is 22.6 Å². The Kier molecular flexibility index (Phi) is 4.35. The standard InChI is InChI=1S/C9H10FIO/c10-5-2-6-12-9-4-1-3-8(11)7-9/h1,3-4,7H,2,5-6H2. The van der Waals surface area contributed by atoms with Crippen LogP contribution in [0.25, 0.3) is 0 Å². The van der Waals surface area contributed by atoms with Gasteiger partial charge in [-0.25, -0.2) is 0 Å². The molecule has 0 saturated heterocycles. The first-order valence-electron chi connectivity index (χ1n) is 3.77. The first-order valence-corrected chi connectivity index (χ1v) is 4.85. The maximum atomic E-state index is 11.7. The Balaban J connectivity index is 2.41. The Morgan fingerprint density at radius 3 is 2.92 bits per heavy atom. The molecular formula is C9H10FIO. The van der Waals surface area contributed by atoms with Gasteiger partial charge < -0.3 is 4.74 Å². The Morgan fingerprint density at radius 2 is 2.25 bits per heavy atom. The summed E-state index contributed by atoms with van der Waals surface area (Å²) < 4.78 is 18.1. The number of hydrogen-bond donors (Lipinski definition) is 0. The summed E-state index contributed by atoms with van der Waals surface area (Å²) in [5.41, 5.74) is 0. The highest BCUT2D eigenvalue weighted by molar-refractivity contribution is 14.1. The van der Waals surface area contributed by atoms with E-state index in [0.29, 0.717) is 13.0 Å². The SMILES string of the molecule is FCCCOc1cccc(I)c1. The summed E-state index contributed by atoms with van der Waals surface area (Å²) in [5.74, 6) is 0.815. The predicted octanol–water partition coefficient (Wildman–Crippen LogP) is 3.03. The van der Waals surface area contributed by atoms with Gasteiger partial charge in [0.25, 0.3) is 0 Å². The molecule has 3 heteroatoms. The van der Waals surface area contributed by atoms with E-state index >= 15 is 0 Å². The molecule has 1 aromatic carbocycles. The van der Waals surface area contributed by atoms with Crippen molar-refractivity contribution in [2.75, 3.05) is 13.3 Å². The minimum atomic E-state index is -0.316. The van der Waals surface area contributed by atoms with Crippen LogP contribution in [0.15, 0.2) is 24.3 Å². The van der Waals surface area contributed by atoms with Gasteiger partial charge in [-0.05, 0) is 40.8 Å². The molecule has 1 nitrogen and oxygen atoms in total. The normalized spacial score (nSPS) is 9.83. The van der Waals surface area contributed by atoms with Crippen molar-refractivity contribution in [3.63, 3.8) is 0 Å². The molecule has 0 saturated carbocycles. The fourth-order valence-corrected chi connectivity index (χ4v) is 1.32. The Bertz CT molecular complexity index is 240. The van der Waals surface area contributed by atoms with Crippen molar-refractivity contribution < 1.29 is 9.13 Å². The predicted molar refractivity (Wildman–Crippen MR) is 55.2 cm³/mol. The van der Waals surface area contributed by atoms with Crippen molar-refractivity contribution in [1.29, 1.82) is 0 Å². The molecule has 0 unspecified atom stereocenters. The third-order valence-corrected chi connectivity index (χ3v) is 2.01. The number of hydrogen-bond acceptors (Lipinski definition) is 1. The van der Waals surface area contributed by atoms with E-state index in [1.165, 1.54) is 0 Å². The third kappa shape index (κ3) is 3.38. The highest BCUT2D eigenvalue weighted by Gasteiger charge is 1.93. The zero-order chi connectivity index (χ0) is 8.81. The van der Waals surface area contributed by atoms with Crippen LogP contribution in [0.1, 0.15) is 6.42 Å². The molecular weight excluding hydrogens is 270 g/mol. The second-order valence-corrected chi connectivity index (χ2v) is 3.59. The Labute approximate surface area is 85.1 Å². The molecule has 0 aliphatic rings. The van der Waals surface area contributed by atoms with E-state index in [9.17, 15) is 4.39 Å². The van der Waals surface area contributed by atoms with E-state index in [1.54, 1.807) is 0 Å². The van der Waals surface area contributed by atoms with Gasteiger partial charge in [0.1, 0.15) is 5.75 Å². The number of ether oxygens (including phenoxy) is 1. The van der Waals surface area contributed by atoms with Crippen LogP contribution >= 0.6 is 22.6 Å². The molecule has 0 amide bonds. The quantitative estimate of drug-likeness (QED) is 0.608. The van der Waals surface area contributed by atoms with Crippen LogP contribution in [0.4, 0.5) is 4.39 Å². The average Bonchev–Trinajstić information content (AvgIpc) is 2.05. The van der Waals surface area contributed by atoms with Gasteiger partial charge in [-0.2, -0.15) is 0 Å². The van der Waals surface area contributed by atoms with Gasteiger partial charge in [0.15, 0.2) is 0 Å². The van der Waals surface area contributed by atoms with Crippen LogP contribution in [-0.2, 0) is 0 Å². The molecule has 0 radical (unpaired) electrons. The zero-order valence-corrected chi connectivity index (χ0v) is 8.75. The van der Waals surface area contributed by atoms with Gasteiger partial charge in [-0.1, -0.05) is 6.07 Å². The summed E-state index contributed by atoms with van der Waals surface area (Å²) in [6.07, 6.45) is 0.464. The fourth-order valence-electron chi connectivity index (χ4n) is 0.801. The first kappa shape index (κ1) is 9.77. The van der Waals surface area contributed by atoms with Crippen molar-refractivity contribution in [1.82, 2.24) is 0 Å². The number of rotatable bonds is 4. The summed E-state index contributed by atoms with van der Waals surface area (Å²) >= 11 is 2.21. The van der Waals surface area contributed by atoms with E-state index in [1.807, 2.05) is 24.3 Å². The van der Waals surface area contributed by atoms with Crippen molar-refractivity contribution in [2.45, 2.75) is 6.42 Å². The molecule has 0 fully saturated rings. The molecule has 1 aromatic rings. The first-order chi connectivity index (χ1) is 5.83. The molecule has 0 aliphatic carbocycles. The maximum Gasteiger partial charge on any atom is 0.120 e. The van der Waals surface area contributed by atoms with Crippen LogP contribution in [0.3, 0.4) is 0 Å². The van der Waals surface area contributed by atoms with Crippen LogP contribution in [0, 0.1) is 3.57 Å². The van der Waals surface area contributed by atoms with Crippen LogP contribution in [0.5, 0.6) is 5.75 Å². The van der Waals surface area contributed by atoms with Gasteiger partial charge in [0.05, 0.1) is 13.3 Å². The topological polar surface area (TPSA) is 9.23 Å². The highest BCUT2D eigenvalue weighted by atomic mass is 127. The highest BCUT2D eigenvalue weighted by Crippen LogP contribution is 2.14. The lowest BCUT2D eigenvalue weighted by Gasteiger charge is -2.03. The van der Waals surface area contributed by atoms with Crippen LogP contribution < -0.4 is 4.74 Å². The van der Waals surface area contributed by atoms with E-state index in [-0.39, 0.29) is 6.67 Å². The summed E-state index contributed by atoms with van der Waals surface area (Å²) in [5, 5.41) is 0. The van der Waals surface area contributed by atoms with Crippen molar-refractivity contribution in [3.8, 4) is 5.75 Å². The van der Waals surface area contributed by atoms with Crippen molar-refractivity contribution >= 4 is 22.6 Å². The Morgan fingerprint density at radius 1 is 1.42 bits per heavy atom. The van der Waals surface area contributed by atoms with Gasteiger partial charge in [0.2, 0.25) is 0 Å². The lowest BCUT2D eigenvalue weighted by molar-refractivity contribution is 0.289. The third-order valence-electron chi connectivity index (χ3n) is 1.34. The summed E-state index contributed by atoms with van der Waals surface area (Å²) in [6.45, 7) is 0.139. The Hall–Kier alpha value is -0.320. The van der Waals surface area contributed by atoms with E-state index < -0.39 is 0 Å². The maximum absolute atomic E-state index is 11.7. The fraction of sp³-hybridized carbons (Fsp3) is 0.333. The molecule has 12 heavy (non-hydrogen) atoms. The van der Waals surface area contributed by atoms with E-state index in [4.69, 9.17) is 4.74 Å². The number of alkyl halides is 1. The summed E-state index contributed by atoms with van der Waals surface area (Å²) in [4.78, 5) is 0.